The quantitative estimate of drug-likeness (QED) is 0.632. The molecule has 0 radical (unpaired) electrons. The summed E-state index contributed by atoms with van der Waals surface area (Å²) in [7, 11) is 0. The first-order chi connectivity index (χ1) is 9.65. The maximum Gasteiger partial charge on any atom is 0.228 e. The van der Waals surface area contributed by atoms with Gasteiger partial charge in [-0.25, -0.2) is 4.98 Å². The molecule has 0 atom stereocenters. The van der Waals surface area contributed by atoms with Gasteiger partial charge in [0.25, 0.3) is 0 Å². The molecule has 0 bridgehead atoms. The number of anilines is 1. The summed E-state index contributed by atoms with van der Waals surface area (Å²) >= 11 is 11.9. The van der Waals surface area contributed by atoms with Gasteiger partial charge < -0.3 is 0 Å². The van der Waals surface area contributed by atoms with Crippen LogP contribution in [-0.4, -0.2) is 15.9 Å². The van der Waals surface area contributed by atoms with Crippen molar-refractivity contribution in [2.24, 2.45) is 0 Å². The fraction of sp³-hybridized carbons (Fsp3) is 0.214. The molecule has 0 saturated heterocycles. The first-order valence-electron chi connectivity index (χ1n) is 6.21. The number of rotatable bonds is 2. The molecule has 1 aliphatic heterocycles. The lowest BCUT2D eigenvalue weighted by Crippen LogP contribution is -2.35. The molecule has 2 heterocycles. The zero-order valence-electron chi connectivity index (χ0n) is 10.5. The highest BCUT2D eigenvalue weighted by atomic mass is 35.5. The van der Waals surface area contributed by atoms with Crippen molar-refractivity contribution < 1.29 is 4.79 Å². The molecule has 1 aromatic carbocycles. The van der Waals surface area contributed by atoms with Crippen LogP contribution in [0.1, 0.15) is 17.5 Å². The molecule has 0 N–H and O–H groups in total. The monoisotopic (exact) mass is 307 g/mol. The van der Waals surface area contributed by atoms with Gasteiger partial charge in [-0.2, -0.15) is 4.98 Å². The molecule has 4 nitrogen and oxygen atoms in total. The molecule has 0 spiro atoms. The number of amides is 1. The third kappa shape index (κ3) is 2.49. The molecular weight excluding hydrogens is 297 g/mol. The molecule has 1 amide bonds. The second-order valence-corrected chi connectivity index (χ2v) is 5.25. The Hall–Kier alpha value is -1.65. The molecule has 0 aliphatic carbocycles. The minimum absolute atomic E-state index is 0.0205. The van der Waals surface area contributed by atoms with E-state index in [0.29, 0.717) is 30.4 Å². The lowest BCUT2D eigenvalue weighted by atomic mass is 10.1. The Bertz CT molecular complexity index is 661. The fourth-order valence-electron chi connectivity index (χ4n) is 2.27. The number of aromatic nitrogens is 2. The molecule has 0 unspecified atom stereocenters. The average Bonchev–Trinajstić information content (AvgIpc) is 2.43. The van der Waals surface area contributed by atoms with Crippen LogP contribution in [0.5, 0.6) is 0 Å². The lowest BCUT2D eigenvalue weighted by Gasteiger charge is -2.28. The van der Waals surface area contributed by atoms with E-state index >= 15 is 0 Å². The molecule has 1 aromatic heterocycles. The first kappa shape index (κ1) is 13.3. The molecule has 0 saturated carbocycles. The van der Waals surface area contributed by atoms with Crippen LogP contribution in [0.25, 0.3) is 0 Å². The molecule has 20 heavy (non-hydrogen) atoms. The molecule has 102 valence electrons. The largest absolute Gasteiger partial charge is 0.292 e. The summed E-state index contributed by atoms with van der Waals surface area (Å²) in [4.78, 5) is 21.9. The predicted octanol–water partition coefficient (Wildman–Crippen LogP) is 3.26. The molecule has 1 aliphatic rings. The summed E-state index contributed by atoms with van der Waals surface area (Å²) in [5.74, 6) is 0.544. The molecule has 6 heteroatoms. The van der Waals surface area contributed by atoms with Crippen LogP contribution in [0.2, 0.25) is 10.4 Å². The first-order valence-corrected chi connectivity index (χ1v) is 6.97. The van der Waals surface area contributed by atoms with Crippen LogP contribution in [-0.2, 0) is 17.8 Å². The zero-order chi connectivity index (χ0) is 14.1. The van der Waals surface area contributed by atoms with Gasteiger partial charge in [-0.3, -0.25) is 9.69 Å². The predicted molar refractivity (Wildman–Crippen MR) is 78.0 cm³/mol. The Labute approximate surface area is 126 Å². The van der Waals surface area contributed by atoms with Gasteiger partial charge >= 0.3 is 0 Å². The van der Waals surface area contributed by atoms with Gasteiger partial charge in [-0.05, 0) is 23.6 Å². The number of carbonyl (C=O) groups is 1. The van der Waals surface area contributed by atoms with Gasteiger partial charge in [0.15, 0.2) is 0 Å². The van der Waals surface area contributed by atoms with Crippen molar-refractivity contribution in [2.45, 2.75) is 19.4 Å². The minimum Gasteiger partial charge on any atom is -0.292 e. The van der Waals surface area contributed by atoms with Gasteiger partial charge in [-0.15, -0.1) is 0 Å². The number of halogens is 2. The van der Waals surface area contributed by atoms with Crippen molar-refractivity contribution in [3.05, 3.63) is 51.9 Å². The van der Waals surface area contributed by atoms with E-state index < -0.39 is 0 Å². The summed E-state index contributed by atoms with van der Waals surface area (Å²) in [6.07, 6.45) is 0.958. The third-order valence-corrected chi connectivity index (χ3v) is 3.72. The van der Waals surface area contributed by atoms with Crippen LogP contribution in [0.15, 0.2) is 30.3 Å². The molecule has 2 aromatic rings. The second kappa shape index (κ2) is 5.38. The van der Waals surface area contributed by atoms with Gasteiger partial charge in [-0.1, -0.05) is 41.9 Å². The van der Waals surface area contributed by atoms with E-state index in [1.165, 1.54) is 0 Å². The van der Waals surface area contributed by atoms with Crippen molar-refractivity contribution in [1.82, 2.24) is 9.97 Å². The third-order valence-electron chi connectivity index (χ3n) is 3.24. The van der Waals surface area contributed by atoms with Crippen LogP contribution >= 0.6 is 23.2 Å². The Morgan fingerprint density at radius 3 is 2.60 bits per heavy atom. The van der Waals surface area contributed by atoms with E-state index in [0.717, 1.165) is 11.1 Å². The topological polar surface area (TPSA) is 46.1 Å². The summed E-state index contributed by atoms with van der Waals surface area (Å²) in [5, 5.41) is 0.382. The number of carbonyl (C=O) groups excluding carboxylic acids is 1. The van der Waals surface area contributed by atoms with Crippen molar-refractivity contribution in [3.8, 4) is 0 Å². The van der Waals surface area contributed by atoms with E-state index in [-0.39, 0.29) is 11.2 Å². The summed E-state index contributed by atoms with van der Waals surface area (Å²) in [6.45, 7) is 0.455. The highest BCUT2D eigenvalue weighted by molar-refractivity contribution is 6.32. The summed E-state index contributed by atoms with van der Waals surface area (Å²) in [5.41, 5.74) is 1.81. The highest BCUT2D eigenvalue weighted by Crippen LogP contribution is 2.32. The molecule has 0 fully saturated rings. The Morgan fingerprint density at radius 2 is 1.85 bits per heavy atom. The number of hydrogen-bond donors (Lipinski definition) is 0. The zero-order valence-corrected chi connectivity index (χ0v) is 12.0. The molecule has 3 rings (SSSR count). The van der Waals surface area contributed by atoms with E-state index in [1.54, 1.807) is 4.90 Å². The van der Waals surface area contributed by atoms with Gasteiger partial charge in [0.2, 0.25) is 11.2 Å². The summed E-state index contributed by atoms with van der Waals surface area (Å²) in [6, 6.07) is 9.73. The number of nitrogens with zero attached hydrogens (tertiary/aromatic N) is 3. The number of fused-ring (bicyclic) bond motifs is 1. The van der Waals surface area contributed by atoms with E-state index in [4.69, 9.17) is 23.2 Å². The van der Waals surface area contributed by atoms with E-state index in [2.05, 4.69) is 9.97 Å². The van der Waals surface area contributed by atoms with Crippen LogP contribution in [0.4, 0.5) is 5.82 Å². The Balaban J connectivity index is 2.02. The Kier molecular flexibility index (Phi) is 3.59. The van der Waals surface area contributed by atoms with E-state index in [9.17, 15) is 4.79 Å². The van der Waals surface area contributed by atoms with Gasteiger partial charge in [0, 0.05) is 12.0 Å². The van der Waals surface area contributed by atoms with Gasteiger partial charge in [0.1, 0.15) is 11.0 Å². The van der Waals surface area contributed by atoms with Crippen molar-refractivity contribution in [1.29, 1.82) is 0 Å². The van der Waals surface area contributed by atoms with Crippen molar-refractivity contribution in [2.75, 3.05) is 4.90 Å². The maximum atomic E-state index is 12.2. The number of benzene rings is 1. The fourth-order valence-corrected chi connectivity index (χ4v) is 2.74. The maximum absolute atomic E-state index is 12.2. The van der Waals surface area contributed by atoms with Crippen molar-refractivity contribution >= 4 is 34.9 Å². The van der Waals surface area contributed by atoms with Crippen LogP contribution in [0.3, 0.4) is 0 Å². The second-order valence-electron chi connectivity index (χ2n) is 4.55. The smallest absolute Gasteiger partial charge is 0.228 e. The Morgan fingerprint density at radius 1 is 1.10 bits per heavy atom. The van der Waals surface area contributed by atoms with Crippen LogP contribution < -0.4 is 4.90 Å². The SMILES string of the molecule is O=C1CCc2c(Cl)nc(Cl)nc2N1Cc1ccccc1. The molecular formula is C14H11Cl2N3O. The minimum atomic E-state index is 0.0205. The van der Waals surface area contributed by atoms with E-state index in [1.807, 2.05) is 30.3 Å². The highest BCUT2D eigenvalue weighted by Gasteiger charge is 2.28. The standard InChI is InChI=1S/C14H11Cl2N3O/c15-12-10-6-7-11(20)19(13(10)18-14(16)17-12)8-9-4-2-1-3-5-9/h1-5H,6-8H2. The number of hydrogen-bond acceptors (Lipinski definition) is 3. The normalized spacial score (nSPS) is 14.3. The lowest BCUT2D eigenvalue weighted by molar-refractivity contribution is -0.119. The summed E-state index contributed by atoms with van der Waals surface area (Å²) < 4.78 is 0. The van der Waals surface area contributed by atoms with Crippen LogP contribution in [0, 0.1) is 0 Å². The average molecular weight is 308 g/mol. The van der Waals surface area contributed by atoms with Crippen molar-refractivity contribution in [3.63, 3.8) is 0 Å². The van der Waals surface area contributed by atoms with Gasteiger partial charge in [0.05, 0.1) is 6.54 Å².